The molecule has 4 heteroatoms. The van der Waals surface area contributed by atoms with Crippen molar-refractivity contribution in [3.05, 3.63) is 23.3 Å². The molecule has 1 aliphatic heterocycles. The van der Waals surface area contributed by atoms with Crippen LogP contribution in [-0.4, -0.2) is 34.4 Å². The minimum Gasteiger partial charge on any atom is -0.496 e. The number of ether oxygens (including phenoxy) is 3. The summed E-state index contributed by atoms with van der Waals surface area (Å²) in [7, 11) is 5.07. The van der Waals surface area contributed by atoms with Crippen molar-refractivity contribution >= 4 is 0 Å². The predicted octanol–water partition coefficient (Wildman–Crippen LogP) is 2.32. The molecule has 4 nitrogen and oxygen atoms in total. The summed E-state index contributed by atoms with van der Waals surface area (Å²) in [5.74, 6) is 2.30. The van der Waals surface area contributed by atoms with Gasteiger partial charge in [0.1, 0.15) is 11.5 Å². The SMILES string of the molecule is COCc1c(OC)cc(C2CCNCC2)cc1OC. The van der Waals surface area contributed by atoms with Gasteiger partial charge in [-0.3, -0.25) is 0 Å². The molecule has 1 heterocycles. The van der Waals surface area contributed by atoms with Crippen LogP contribution in [0.2, 0.25) is 0 Å². The third-order valence-electron chi connectivity index (χ3n) is 3.73. The van der Waals surface area contributed by atoms with E-state index in [9.17, 15) is 0 Å². The summed E-state index contributed by atoms with van der Waals surface area (Å²) in [6, 6.07) is 4.26. The maximum atomic E-state index is 5.50. The summed E-state index contributed by atoms with van der Waals surface area (Å²) < 4.78 is 16.2. The van der Waals surface area contributed by atoms with Crippen LogP contribution >= 0.6 is 0 Å². The monoisotopic (exact) mass is 265 g/mol. The second-order valence-electron chi connectivity index (χ2n) is 4.86. The lowest BCUT2D eigenvalue weighted by molar-refractivity contribution is 0.178. The molecule has 0 amide bonds. The van der Waals surface area contributed by atoms with Gasteiger partial charge in [-0.1, -0.05) is 0 Å². The van der Waals surface area contributed by atoms with E-state index in [0.29, 0.717) is 12.5 Å². The Labute approximate surface area is 115 Å². The molecular weight excluding hydrogens is 242 g/mol. The van der Waals surface area contributed by atoms with E-state index in [4.69, 9.17) is 14.2 Å². The Morgan fingerprint density at radius 1 is 1.05 bits per heavy atom. The standard InChI is InChI=1S/C15H23NO3/c1-17-10-13-14(18-2)8-12(9-15(13)19-3)11-4-6-16-7-5-11/h8-9,11,16H,4-7,10H2,1-3H3. The van der Waals surface area contributed by atoms with E-state index in [0.717, 1.165) is 43.0 Å². The number of hydrogen-bond acceptors (Lipinski definition) is 4. The first-order valence-corrected chi connectivity index (χ1v) is 6.74. The van der Waals surface area contributed by atoms with Gasteiger partial charge in [-0.15, -0.1) is 0 Å². The number of benzene rings is 1. The molecule has 2 rings (SSSR count). The molecule has 1 aromatic carbocycles. The lowest BCUT2D eigenvalue weighted by Crippen LogP contribution is -2.26. The minimum atomic E-state index is 0.499. The molecule has 19 heavy (non-hydrogen) atoms. The summed E-state index contributed by atoms with van der Waals surface area (Å²) in [4.78, 5) is 0. The molecule has 1 N–H and O–H groups in total. The fourth-order valence-electron chi connectivity index (χ4n) is 2.68. The zero-order valence-electron chi connectivity index (χ0n) is 12.0. The first-order valence-electron chi connectivity index (χ1n) is 6.74. The zero-order valence-corrected chi connectivity index (χ0v) is 12.0. The largest absolute Gasteiger partial charge is 0.496 e. The van der Waals surface area contributed by atoms with Crippen molar-refractivity contribution in [1.82, 2.24) is 5.32 Å². The number of nitrogens with one attached hydrogen (secondary N) is 1. The third kappa shape index (κ3) is 3.19. The maximum absolute atomic E-state index is 5.50. The number of methoxy groups -OCH3 is 3. The summed E-state index contributed by atoms with van der Waals surface area (Å²) in [6.07, 6.45) is 2.33. The van der Waals surface area contributed by atoms with Crippen LogP contribution < -0.4 is 14.8 Å². The van der Waals surface area contributed by atoms with Gasteiger partial charge in [0.15, 0.2) is 0 Å². The van der Waals surface area contributed by atoms with E-state index in [1.54, 1.807) is 21.3 Å². The van der Waals surface area contributed by atoms with Gasteiger partial charge in [0.2, 0.25) is 0 Å². The van der Waals surface area contributed by atoms with Crippen LogP contribution in [0.1, 0.15) is 29.9 Å². The van der Waals surface area contributed by atoms with Crippen molar-refractivity contribution in [2.45, 2.75) is 25.4 Å². The Bertz CT molecular complexity index is 389. The topological polar surface area (TPSA) is 39.7 Å². The smallest absolute Gasteiger partial charge is 0.128 e. The van der Waals surface area contributed by atoms with E-state index in [2.05, 4.69) is 17.4 Å². The summed E-state index contributed by atoms with van der Waals surface area (Å²) in [5.41, 5.74) is 2.28. The van der Waals surface area contributed by atoms with Crippen LogP contribution in [0.4, 0.5) is 0 Å². The van der Waals surface area contributed by atoms with Gasteiger partial charge < -0.3 is 19.5 Å². The predicted molar refractivity (Wildman–Crippen MR) is 75.1 cm³/mol. The Hall–Kier alpha value is -1.26. The number of rotatable bonds is 5. The molecule has 0 bridgehead atoms. The molecule has 0 spiro atoms. The Balaban J connectivity index is 2.34. The van der Waals surface area contributed by atoms with E-state index in [-0.39, 0.29) is 0 Å². The second kappa shape index (κ2) is 6.78. The van der Waals surface area contributed by atoms with E-state index >= 15 is 0 Å². The Morgan fingerprint density at radius 2 is 1.63 bits per heavy atom. The van der Waals surface area contributed by atoms with Crippen LogP contribution in [0, 0.1) is 0 Å². The van der Waals surface area contributed by atoms with E-state index in [1.807, 2.05) is 0 Å². The molecule has 0 aromatic heterocycles. The molecule has 0 unspecified atom stereocenters. The molecule has 0 atom stereocenters. The van der Waals surface area contributed by atoms with Gasteiger partial charge in [-0.25, -0.2) is 0 Å². The minimum absolute atomic E-state index is 0.499. The number of hydrogen-bond donors (Lipinski definition) is 1. The molecule has 0 radical (unpaired) electrons. The lowest BCUT2D eigenvalue weighted by atomic mass is 9.89. The molecule has 1 aliphatic rings. The van der Waals surface area contributed by atoms with Crippen molar-refractivity contribution in [2.75, 3.05) is 34.4 Å². The fraction of sp³-hybridized carbons (Fsp3) is 0.600. The summed E-state index contributed by atoms with van der Waals surface area (Å²) in [5, 5.41) is 3.39. The van der Waals surface area contributed by atoms with Crippen LogP contribution in [-0.2, 0) is 11.3 Å². The molecule has 1 fully saturated rings. The summed E-state index contributed by atoms with van der Waals surface area (Å²) in [6.45, 7) is 2.66. The van der Waals surface area contributed by atoms with Crippen LogP contribution in [0.5, 0.6) is 11.5 Å². The van der Waals surface area contributed by atoms with Crippen molar-refractivity contribution in [3.63, 3.8) is 0 Å². The summed E-state index contributed by atoms with van der Waals surface area (Å²) >= 11 is 0. The van der Waals surface area contributed by atoms with Crippen molar-refractivity contribution in [2.24, 2.45) is 0 Å². The highest BCUT2D eigenvalue weighted by atomic mass is 16.5. The highest BCUT2D eigenvalue weighted by Crippen LogP contribution is 2.36. The molecule has 1 saturated heterocycles. The van der Waals surface area contributed by atoms with E-state index < -0.39 is 0 Å². The van der Waals surface area contributed by atoms with Gasteiger partial charge in [0, 0.05) is 7.11 Å². The van der Waals surface area contributed by atoms with Crippen molar-refractivity contribution in [1.29, 1.82) is 0 Å². The average molecular weight is 265 g/mol. The van der Waals surface area contributed by atoms with Crippen molar-refractivity contribution < 1.29 is 14.2 Å². The Morgan fingerprint density at radius 3 is 2.11 bits per heavy atom. The highest BCUT2D eigenvalue weighted by molar-refractivity contribution is 5.49. The fourth-order valence-corrected chi connectivity index (χ4v) is 2.68. The molecular formula is C15H23NO3. The van der Waals surface area contributed by atoms with Crippen LogP contribution in [0.15, 0.2) is 12.1 Å². The van der Waals surface area contributed by atoms with Gasteiger partial charge >= 0.3 is 0 Å². The van der Waals surface area contributed by atoms with Gasteiger partial charge in [0.25, 0.3) is 0 Å². The first kappa shape index (κ1) is 14.2. The van der Waals surface area contributed by atoms with Gasteiger partial charge in [-0.2, -0.15) is 0 Å². The lowest BCUT2D eigenvalue weighted by Gasteiger charge is -2.24. The maximum Gasteiger partial charge on any atom is 0.128 e. The van der Waals surface area contributed by atoms with Crippen LogP contribution in [0.3, 0.4) is 0 Å². The third-order valence-corrected chi connectivity index (χ3v) is 3.73. The molecule has 1 aromatic rings. The normalized spacial score (nSPS) is 16.4. The molecule has 0 aliphatic carbocycles. The Kier molecular flexibility index (Phi) is 5.05. The zero-order chi connectivity index (χ0) is 13.7. The second-order valence-corrected chi connectivity index (χ2v) is 4.86. The molecule has 106 valence electrons. The molecule has 0 saturated carbocycles. The average Bonchev–Trinajstić information content (AvgIpc) is 2.48. The van der Waals surface area contributed by atoms with Gasteiger partial charge in [0.05, 0.1) is 26.4 Å². The quantitative estimate of drug-likeness (QED) is 0.887. The first-order chi connectivity index (χ1) is 9.30. The van der Waals surface area contributed by atoms with E-state index in [1.165, 1.54) is 5.56 Å². The van der Waals surface area contributed by atoms with Gasteiger partial charge in [-0.05, 0) is 49.5 Å². The highest BCUT2D eigenvalue weighted by Gasteiger charge is 2.19. The number of piperidine rings is 1. The van der Waals surface area contributed by atoms with Crippen molar-refractivity contribution in [3.8, 4) is 11.5 Å². The van der Waals surface area contributed by atoms with Crippen LogP contribution in [0.25, 0.3) is 0 Å².